The molecule has 0 saturated heterocycles. The zero-order chi connectivity index (χ0) is 14.5. The molecule has 7 heteroatoms. The van der Waals surface area contributed by atoms with Crippen LogP contribution in [0.2, 0.25) is 0 Å². The third-order valence-electron chi connectivity index (χ3n) is 2.89. The number of unbranched alkanes of at least 4 members (excludes halogenated alkanes) is 1. The minimum atomic E-state index is -3.58. The molecule has 110 valence electrons. The van der Waals surface area contributed by atoms with E-state index in [-0.39, 0.29) is 15.1 Å². The normalized spacial score (nSPS) is 13.6. The van der Waals surface area contributed by atoms with E-state index >= 15 is 0 Å². The van der Waals surface area contributed by atoms with Crippen molar-refractivity contribution in [3.8, 4) is 0 Å². The Morgan fingerprint density at radius 2 is 1.95 bits per heavy atom. The summed E-state index contributed by atoms with van der Waals surface area (Å²) in [6, 6.07) is -0.0495. The van der Waals surface area contributed by atoms with Gasteiger partial charge in [0.05, 0.1) is 0 Å². The van der Waals surface area contributed by atoms with Crippen LogP contribution in [0.4, 0.5) is 0 Å². The lowest BCUT2D eigenvalue weighted by atomic mass is 10.1. The van der Waals surface area contributed by atoms with Crippen molar-refractivity contribution >= 4 is 21.4 Å². The summed E-state index contributed by atoms with van der Waals surface area (Å²) >= 11 is 0.744. The first-order chi connectivity index (χ1) is 8.90. The monoisotopic (exact) mass is 306 g/mol. The maximum absolute atomic E-state index is 12.3. The highest BCUT2D eigenvalue weighted by Gasteiger charge is 2.23. The Balaban J connectivity index is 2.87. The summed E-state index contributed by atoms with van der Waals surface area (Å²) in [7, 11) is -3.58. The molecule has 0 saturated carbocycles. The van der Waals surface area contributed by atoms with Crippen LogP contribution in [0.15, 0.2) is 9.00 Å². The highest BCUT2D eigenvalue weighted by Crippen LogP contribution is 2.18. The van der Waals surface area contributed by atoms with Crippen LogP contribution in [0, 0.1) is 6.92 Å². The van der Waals surface area contributed by atoms with E-state index in [2.05, 4.69) is 16.6 Å². The van der Waals surface area contributed by atoms with Crippen LogP contribution in [0.25, 0.3) is 0 Å². The molecule has 1 rings (SSSR count). The van der Waals surface area contributed by atoms with Gasteiger partial charge in [0.15, 0.2) is 4.21 Å². The van der Waals surface area contributed by atoms with Gasteiger partial charge in [-0.15, -0.1) is 0 Å². The first kappa shape index (κ1) is 16.4. The molecule has 0 aromatic carbocycles. The van der Waals surface area contributed by atoms with Gasteiger partial charge in [0, 0.05) is 11.7 Å². The van der Waals surface area contributed by atoms with Crippen molar-refractivity contribution in [3.63, 3.8) is 0 Å². The molecule has 0 spiro atoms. The lowest BCUT2D eigenvalue weighted by molar-refractivity contribution is 0.484. The summed E-state index contributed by atoms with van der Waals surface area (Å²) in [6.07, 6.45) is 4.62. The van der Waals surface area contributed by atoms with Crippen molar-refractivity contribution in [3.05, 3.63) is 15.4 Å². The summed E-state index contributed by atoms with van der Waals surface area (Å²) < 4.78 is 27.3. The van der Waals surface area contributed by atoms with Crippen LogP contribution in [-0.2, 0) is 10.0 Å². The van der Waals surface area contributed by atoms with Gasteiger partial charge in [0.1, 0.15) is 0 Å². The molecule has 1 unspecified atom stereocenters. The van der Waals surface area contributed by atoms with Gasteiger partial charge >= 0.3 is 4.87 Å². The lowest BCUT2D eigenvalue weighted by Crippen LogP contribution is -2.34. The van der Waals surface area contributed by atoms with Crippen molar-refractivity contribution in [1.82, 2.24) is 9.71 Å². The van der Waals surface area contributed by atoms with Crippen LogP contribution < -0.4 is 9.60 Å². The smallest absolute Gasteiger partial charge is 0.305 e. The van der Waals surface area contributed by atoms with E-state index in [1.165, 1.54) is 0 Å². The molecule has 0 fully saturated rings. The number of aromatic amines is 1. The van der Waals surface area contributed by atoms with E-state index < -0.39 is 10.0 Å². The largest absolute Gasteiger partial charge is 0.315 e. The zero-order valence-electron chi connectivity index (χ0n) is 11.7. The standard InChI is InChI=1S/C12H22N2O3S2/c1-4-6-8-10(7-5-2)14-19(16,17)11-9(3)13-12(15)18-11/h10,14H,4-8H2,1-3H3,(H,13,15). The third-order valence-corrected chi connectivity index (χ3v) is 6.02. The fraction of sp³-hybridized carbons (Fsp3) is 0.750. The molecule has 0 bridgehead atoms. The first-order valence-electron chi connectivity index (χ1n) is 6.62. The SMILES string of the molecule is CCCCC(CCC)NS(=O)(=O)c1sc(=O)[nH]c1C. The number of rotatable bonds is 8. The molecule has 0 aliphatic rings. The second-order valence-corrected chi connectivity index (χ2v) is 7.57. The maximum Gasteiger partial charge on any atom is 0.305 e. The van der Waals surface area contributed by atoms with Gasteiger partial charge in [-0.05, 0) is 19.8 Å². The van der Waals surface area contributed by atoms with E-state index in [1.54, 1.807) is 6.92 Å². The Bertz CT molecular complexity index is 546. The molecular weight excluding hydrogens is 284 g/mol. The molecule has 0 aliphatic heterocycles. The van der Waals surface area contributed by atoms with Crippen LogP contribution in [0.1, 0.15) is 51.6 Å². The number of nitrogens with one attached hydrogen (secondary N) is 2. The molecule has 19 heavy (non-hydrogen) atoms. The number of hydrogen-bond acceptors (Lipinski definition) is 4. The lowest BCUT2D eigenvalue weighted by Gasteiger charge is -2.17. The highest BCUT2D eigenvalue weighted by molar-refractivity contribution is 7.91. The predicted molar refractivity (Wildman–Crippen MR) is 78.2 cm³/mol. The van der Waals surface area contributed by atoms with E-state index in [0.717, 1.165) is 43.4 Å². The van der Waals surface area contributed by atoms with Crippen molar-refractivity contribution < 1.29 is 8.42 Å². The van der Waals surface area contributed by atoms with Crippen molar-refractivity contribution in [1.29, 1.82) is 0 Å². The van der Waals surface area contributed by atoms with Gasteiger partial charge in [0.25, 0.3) is 10.0 Å². The molecule has 2 N–H and O–H groups in total. The van der Waals surface area contributed by atoms with Gasteiger partial charge in [0.2, 0.25) is 0 Å². The summed E-state index contributed by atoms with van der Waals surface area (Å²) in [4.78, 5) is 13.4. The van der Waals surface area contributed by atoms with Gasteiger partial charge in [-0.2, -0.15) is 0 Å². The van der Waals surface area contributed by atoms with E-state index in [1.807, 2.05) is 6.92 Å². The van der Waals surface area contributed by atoms with E-state index in [9.17, 15) is 13.2 Å². The summed E-state index contributed by atoms with van der Waals surface area (Å²) in [5, 5.41) is 0. The van der Waals surface area contributed by atoms with Crippen molar-refractivity contribution in [2.75, 3.05) is 0 Å². The number of aryl methyl sites for hydroxylation is 1. The van der Waals surface area contributed by atoms with Crippen molar-refractivity contribution in [2.45, 2.75) is 63.1 Å². The molecule has 0 amide bonds. The van der Waals surface area contributed by atoms with Gasteiger partial charge in [-0.25, -0.2) is 13.1 Å². The average Bonchev–Trinajstić information content (AvgIpc) is 2.66. The average molecular weight is 306 g/mol. The Kier molecular flexibility index (Phi) is 6.22. The van der Waals surface area contributed by atoms with Crippen LogP contribution in [0.3, 0.4) is 0 Å². The summed E-state index contributed by atoms with van der Waals surface area (Å²) in [5.41, 5.74) is 0.410. The number of aromatic nitrogens is 1. The second kappa shape index (κ2) is 7.21. The fourth-order valence-electron chi connectivity index (χ4n) is 1.98. The highest BCUT2D eigenvalue weighted by atomic mass is 32.2. The first-order valence-corrected chi connectivity index (χ1v) is 8.92. The topological polar surface area (TPSA) is 79.0 Å². The molecule has 0 aliphatic carbocycles. The van der Waals surface area contributed by atoms with Gasteiger partial charge in [-0.3, -0.25) is 4.79 Å². The molecule has 1 aromatic heterocycles. The number of sulfonamides is 1. The Labute approximate surface area is 118 Å². The predicted octanol–water partition coefficient (Wildman–Crippen LogP) is 2.38. The number of H-pyrrole nitrogens is 1. The molecular formula is C12H22N2O3S2. The van der Waals surface area contributed by atoms with E-state index in [4.69, 9.17) is 0 Å². The third kappa shape index (κ3) is 4.74. The van der Waals surface area contributed by atoms with Crippen LogP contribution >= 0.6 is 11.3 Å². The zero-order valence-corrected chi connectivity index (χ0v) is 13.3. The minimum absolute atomic E-state index is 0.0495. The molecule has 0 radical (unpaired) electrons. The van der Waals surface area contributed by atoms with E-state index in [0.29, 0.717) is 5.69 Å². The maximum atomic E-state index is 12.3. The fourth-order valence-corrected chi connectivity index (χ4v) is 4.60. The number of thiazole rings is 1. The minimum Gasteiger partial charge on any atom is -0.315 e. The molecule has 5 nitrogen and oxygen atoms in total. The van der Waals surface area contributed by atoms with Gasteiger partial charge in [-0.1, -0.05) is 44.4 Å². The van der Waals surface area contributed by atoms with Gasteiger partial charge < -0.3 is 4.98 Å². The molecule has 1 aromatic rings. The number of hydrogen-bond donors (Lipinski definition) is 2. The van der Waals surface area contributed by atoms with Crippen LogP contribution in [-0.4, -0.2) is 19.4 Å². The summed E-state index contributed by atoms with van der Waals surface area (Å²) in [6.45, 7) is 5.72. The second-order valence-electron chi connectivity index (χ2n) is 4.68. The molecule has 1 heterocycles. The van der Waals surface area contributed by atoms with Crippen LogP contribution in [0.5, 0.6) is 0 Å². The Morgan fingerprint density at radius 1 is 1.26 bits per heavy atom. The summed E-state index contributed by atoms with van der Waals surface area (Å²) in [5.74, 6) is 0. The molecule has 1 atom stereocenters. The van der Waals surface area contributed by atoms with Crippen molar-refractivity contribution in [2.24, 2.45) is 0 Å². The quantitative estimate of drug-likeness (QED) is 0.774. The Morgan fingerprint density at radius 3 is 2.42 bits per heavy atom. The Hall–Kier alpha value is -0.660.